The van der Waals surface area contributed by atoms with Gasteiger partial charge in [-0.25, -0.2) is 8.78 Å². The van der Waals surface area contributed by atoms with Gasteiger partial charge in [0.05, 0.1) is 6.10 Å². The summed E-state index contributed by atoms with van der Waals surface area (Å²) < 4.78 is 30.0. The Morgan fingerprint density at radius 1 is 0.895 bits per heavy atom. The molecule has 19 heavy (non-hydrogen) atoms. The molecule has 0 aliphatic heterocycles. The molecular formula is C16H16F2O. The van der Waals surface area contributed by atoms with Crippen LogP contribution in [-0.2, 0) is 4.74 Å². The first-order valence-corrected chi connectivity index (χ1v) is 6.17. The van der Waals surface area contributed by atoms with E-state index in [1.54, 1.807) is 0 Å². The third-order valence-electron chi connectivity index (χ3n) is 3.07. The fourth-order valence-electron chi connectivity index (χ4n) is 2.05. The van der Waals surface area contributed by atoms with E-state index in [9.17, 15) is 8.78 Å². The quantitative estimate of drug-likeness (QED) is 0.759. The summed E-state index contributed by atoms with van der Waals surface area (Å²) in [5, 5.41) is 0. The van der Waals surface area contributed by atoms with Gasteiger partial charge in [0.1, 0.15) is 0 Å². The van der Waals surface area contributed by atoms with E-state index in [0.29, 0.717) is 0 Å². The minimum atomic E-state index is -2.36. The summed E-state index contributed by atoms with van der Waals surface area (Å²) in [7, 11) is 1.46. The van der Waals surface area contributed by atoms with Crippen LogP contribution >= 0.6 is 0 Å². The Balaban J connectivity index is 2.18. The van der Waals surface area contributed by atoms with Crippen LogP contribution < -0.4 is 0 Å². The van der Waals surface area contributed by atoms with Crippen molar-refractivity contribution in [1.29, 1.82) is 0 Å². The molecule has 0 bridgehead atoms. The van der Waals surface area contributed by atoms with Crippen LogP contribution in [0.25, 0.3) is 11.1 Å². The Bertz CT molecular complexity index is 494. The second-order valence-corrected chi connectivity index (χ2v) is 4.34. The lowest BCUT2D eigenvalue weighted by atomic mass is 10.0. The second kappa shape index (κ2) is 6.43. The van der Waals surface area contributed by atoms with Crippen molar-refractivity contribution in [2.45, 2.75) is 19.0 Å². The lowest BCUT2D eigenvalue weighted by molar-refractivity contribution is 0.0304. The molecule has 1 atom stereocenters. The molecular weight excluding hydrogens is 246 g/mol. The topological polar surface area (TPSA) is 9.23 Å². The summed E-state index contributed by atoms with van der Waals surface area (Å²) in [5.74, 6) is 0. The van der Waals surface area contributed by atoms with Gasteiger partial charge in [0.15, 0.2) is 0 Å². The average Bonchev–Trinajstić information content (AvgIpc) is 2.46. The van der Waals surface area contributed by atoms with E-state index in [4.69, 9.17) is 4.74 Å². The average molecular weight is 262 g/mol. The van der Waals surface area contributed by atoms with Crippen LogP contribution in [-0.4, -0.2) is 13.5 Å². The molecule has 0 fully saturated rings. The summed E-state index contributed by atoms with van der Waals surface area (Å²) in [6.07, 6.45) is -3.19. The van der Waals surface area contributed by atoms with Crippen LogP contribution in [0.2, 0.25) is 0 Å². The highest BCUT2D eigenvalue weighted by atomic mass is 19.3. The Hall–Kier alpha value is -1.74. The Morgan fingerprint density at radius 2 is 1.47 bits per heavy atom. The second-order valence-electron chi connectivity index (χ2n) is 4.34. The van der Waals surface area contributed by atoms with E-state index in [1.807, 2.05) is 54.6 Å². The van der Waals surface area contributed by atoms with E-state index in [-0.39, 0.29) is 6.42 Å². The van der Waals surface area contributed by atoms with E-state index >= 15 is 0 Å². The van der Waals surface area contributed by atoms with Crippen molar-refractivity contribution in [2.24, 2.45) is 0 Å². The molecule has 1 unspecified atom stereocenters. The van der Waals surface area contributed by atoms with Gasteiger partial charge in [-0.15, -0.1) is 0 Å². The maximum Gasteiger partial charge on any atom is 0.241 e. The van der Waals surface area contributed by atoms with Crippen LogP contribution in [0, 0.1) is 0 Å². The number of hydrogen-bond acceptors (Lipinski definition) is 1. The van der Waals surface area contributed by atoms with Gasteiger partial charge in [0, 0.05) is 13.5 Å². The number of halogens is 2. The summed E-state index contributed by atoms with van der Waals surface area (Å²) in [4.78, 5) is 0. The monoisotopic (exact) mass is 262 g/mol. The molecule has 2 rings (SSSR count). The Kier molecular flexibility index (Phi) is 4.63. The number of hydrogen-bond donors (Lipinski definition) is 0. The molecule has 0 heterocycles. The minimum Gasteiger partial charge on any atom is -0.377 e. The van der Waals surface area contributed by atoms with Crippen molar-refractivity contribution in [3.05, 3.63) is 60.2 Å². The van der Waals surface area contributed by atoms with Crippen LogP contribution in [0.4, 0.5) is 8.78 Å². The zero-order valence-electron chi connectivity index (χ0n) is 10.7. The van der Waals surface area contributed by atoms with Crippen molar-refractivity contribution in [3.63, 3.8) is 0 Å². The third kappa shape index (κ3) is 3.61. The maximum atomic E-state index is 12.4. The van der Waals surface area contributed by atoms with Crippen molar-refractivity contribution < 1.29 is 13.5 Å². The molecule has 0 aliphatic carbocycles. The van der Waals surface area contributed by atoms with Gasteiger partial charge >= 0.3 is 0 Å². The third-order valence-corrected chi connectivity index (χ3v) is 3.07. The van der Waals surface area contributed by atoms with E-state index in [1.165, 1.54) is 7.11 Å². The fourth-order valence-corrected chi connectivity index (χ4v) is 2.05. The Morgan fingerprint density at radius 3 is 2.00 bits per heavy atom. The summed E-state index contributed by atoms with van der Waals surface area (Å²) in [6.45, 7) is 0. The van der Waals surface area contributed by atoms with Crippen molar-refractivity contribution in [1.82, 2.24) is 0 Å². The molecule has 2 aromatic rings. The molecule has 0 radical (unpaired) electrons. The lowest BCUT2D eigenvalue weighted by Gasteiger charge is -2.15. The molecule has 0 saturated carbocycles. The van der Waals surface area contributed by atoms with Gasteiger partial charge in [-0.1, -0.05) is 54.6 Å². The van der Waals surface area contributed by atoms with Crippen molar-refractivity contribution >= 4 is 0 Å². The van der Waals surface area contributed by atoms with Gasteiger partial charge in [0.25, 0.3) is 0 Å². The van der Waals surface area contributed by atoms with Crippen molar-refractivity contribution in [2.75, 3.05) is 7.11 Å². The number of rotatable bonds is 5. The number of methoxy groups -OCH3 is 1. The molecule has 2 aromatic carbocycles. The first kappa shape index (κ1) is 13.7. The van der Waals surface area contributed by atoms with Crippen LogP contribution in [0.15, 0.2) is 54.6 Å². The molecule has 100 valence electrons. The highest BCUT2D eigenvalue weighted by Crippen LogP contribution is 2.26. The molecule has 0 N–H and O–H groups in total. The zero-order chi connectivity index (χ0) is 13.7. The molecule has 0 amide bonds. The predicted octanol–water partition coefficient (Wildman–Crippen LogP) is 4.70. The van der Waals surface area contributed by atoms with Crippen LogP contribution in [0.3, 0.4) is 0 Å². The number of alkyl halides is 2. The van der Waals surface area contributed by atoms with E-state index in [2.05, 4.69) is 0 Å². The first-order chi connectivity index (χ1) is 9.20. The van der Waals surface area contributed by atoms with Gasteiger partial charge in [-0.3, -0.25) is 0 Å². The fraction of sp³-hybridized carbons (Fsp3) is 0.250. The minimum absolute atomic E-state index is 0.277. The van der Waals surface area contributed by atoms with Gasteiger partial charge in [-0.2, -0.15) is 0 Å². The lowest BCUT2D eigenvalue weighted by Crippen LogP contribution is -2.06. The Labute approximate surface area is 111 Å². The summed E-state index contributed by atoms with van der Waals surface area (Å²) in [5.41, 5.74) is 2.95. The van der Waals surface area contributed by atoms with E-state index in [0.717, 1.165) is 16.7 Å². The maximum absolute atomic E-state index is 12.4. The van der Waals surface area contributed by atoms with Crippen LogP contribution in [0.1, 0.15) is 18.1 Å². The normalized spacial score (nSPS) is 12.6. The smallest absolute Gasteiger partial charge is 0.241 e. The number of benzene rings is 2. The highest BCUT2D eigenvalue weighted by molar-refractivity contribution is 5.63. The number of ether oxygens (including phenoxy) is 1. The molecule has 3 heteroatoms. The molecule has 0 aliphatic rings. The summed E-state index contributed by atoms with van der Waals surface area (Å²) >= 11 is 0. The standard InChI is InChI=1S/C16H16F2O/c1-19-15(11-16(17)18)14-9-7-13(8-10-14)12-5-3-2-4-6-12/h2-10,15-16H,11H2,1H3. The van der Waals surface area contributed by atoms with Crippen LogP contribution in [0.5, 0.6) is 0 Å². The molecule has 1 nitrogen and oxygen atoms in total. The first-order valence-electron chi connectivity index (χ1n) is 6.17. The molecule has 0 saturated heterocycles. The van der Waals surface area contributed by atoms with E-state index < -0.39 is 12.5 Å². The predicted molar refractivity (Wildman–Crippen MR) is 72.2 cm³/mol. The molecule has 0 aromatic heterocycles. The van der Waals surface area contributed by atoms with Crippen molar-refractivity contribution in [3.8, 4) is 11.1 Å². The molecule has 0 spiro atoms. The SMILES string of the molecule is COC(CC(F)F)c1ccc(-c2ccccc2)cc1. The van der Waals surface area contributed by atoms with Gasteiger partial charge in [-0.05, 0) is 16.7 Å². The summed E-state index contributed by atoms with van der Waals surface area (Å²) in [6, 6.07) is 17.5. The largest absolute Gasteiger partial charge is 0.377 e. The van der Waals surface area contributed by atoms with Gasteiger partial charge < -0.3 is 4.74 Å². The zero-order valence-corrected chi connectivity index (χ0v) is 10.7. The highest BCUT2D eigenvalue weighted by Gasteiger charge is 2.16. The van der Waals surface area contributed by atoms with Gasteiger partial charge in [0.2, 0.25) is 6.43 Å².